The van der Waals surface area contributed by atoms with Gasteiger partial charge in [0, 0.05) is 16.5 Å². The molecule has 37 heavy (non-hydrogen) atoms. The molecule has 0 saturated heterocycles. The number of ether oxygens (including phenoxy) is 1. The zero-order valence-electron chi connectivity index (χ0n) is 20.7. The van der Waals surface area contributed by atoms with Gasteiger partial charge in [-0.15, -0.1) is 5.10 Å². The molecule has 4 aromatic rings. The number of nitrogens with one attached hydrogen (secondary N) is 2. The molecule has 1 aliphatic rings. The molecule has 0 aliphatic carbocycles. The van der Waals surface area contributed by atoms with Crippen LogP contribution in [-0.4, -0.2) is 27.8 Å². The van der Waals surface area contributed by atoms with E-state index in [9.17, 15) is 4.79 Å². The van der Waals surface area contributed by atoms with Gasteiger partial charge in [0.25, 0.3) is 5.91 Å². The molecule has 1 aliphatic heterocycles. The highest BCUT2D eigenvalue weighted by atomic mass is 35.5. The van der Waals surface area contributed by atoms with Crippen LogP contribution < -0.4 is 15.4 Å². The summed E-state index contributed by atoms with van der Waals surface area (Å²) in [6.45, 7) is 3.92. The van der Waals surface area contributed by atoms with Crippen LogP contribution in [0.15, 0.2) is 89.2 Å². The van der Waals surface area contributed by atoms with Gasteiger partial charge in [0.15, 0.2) is 0 Å². The highest BCUT2D eigenvalue weighted by Crippen LogP contribution is 2.38. The summed E-state index contributed by atoms with van der Waals surface area (Å²) in [5.41, 5.74) is 4.93. The van der Waals surface area contributed by atoms with Crippen molar-refractivity contribution in [3.63, 3.8) is 0 Å². The third-order valence-corrected chi connectivity index (χ3v) is 7.40. The standard InChI is InChI=1S/C28H26ClN5O2S/c1-17-12-14-19(15-13-17)25-24(26(35)31-22-10-6-7-11-23(22)36-3)18(2)30-27-32-28(33-34(25)27)37-16-20-8-4-5-9-21(20)29/h4-15,25H,16H2,1-3H3,(H,31,35)(H,30,32,33). The second kappa shape index (κ2) is 10.7. The van der Waals surface area contributed by atoms with Gasteiger partial charge in [-0.3, -0.25) is 4.79 Å². The van der Waals surface area contributed by atoms with Crippen LogP contribution in [0, 0.1) is 6.92 Å². The van der Waals surface area contributed by atoms with E-state index in [1.54, 1.807) is 11.8 Å². The average molecular weight is 532 g/mol. The maximum Gasteiger partial charge on any atom is 0.255 e. The number of carbonyl (C=O) groups excluding carboxylic acids is 1. The number of aromatic nitrogens is 3. The van der Waals surface area contributed by atoms with Crippen LogP contribution in [0.5, 0.6) is 5.75 Å². The first kappa shape index (κ1) is 24.9. The van der Waals surface area contributed by atoms with Gasteiger partial charge >= 0.3 is 0 Å². The Morgan fingerprint density at radius 2 is 1.81 bits per heavy atom. The number of carbonyl (C=O) groups is 1. The Balaban J connectivity index is 1.50. The summed E-state index contributed by atoms with van der Waals surface area (Å²) in [6.07, 6.45) is 0. The molecule has 0 radical (unpaired) electrons. The third-order valence-electron chi connectivity index (χ3n) is 6.14. The van der Waals surface area contributed by atoms with Gasteiger partial charge in [-0.05, 0) is 43.2 Å². The monoisotopic (exact) mass is 531 g/mol. The number of hydrogen-bond acceptors (Lipinski definition) is 6. The number of hydrogen-bond donors (Lipinski definition) is 2. The molecule has 0 bridgehead atoms. The summed E-state index contributed by atoms with van der Waals surface area (Å²) in [4.78, 5) is 18.4. The number of para-hydroxylation sites is 2. The topological polar surface area (TPSA) is 81.1 Å². The van der Waals surface area contributed by atoms with Crippen LogP contribution in [0.25, 0.3) is 0 Å². The van der Waals surface area contributed by atoms with E-state index >= 15 is 0 Å². The molecule has 3 aromatic carbocycles. The van der Waals surface area contributed by atoms with Crippen LogP contribution in [0.2, 0.25) is 5.02 Å². The Morgan fingerprint density at radius 3 is 2.57 bits per heavy atom. The number of aryl methyl sites for hydroxylation is 1. The molecule has 1 aromatic heterocycles. The fourth-order valence-corrected chi connectivity index (χ4v) is 5.35. The van der Waals surface area contributed by atoms with Crippen molar-refractivity contribution in [2.24, 2.45) is 0 Å². The number of methoxy groups -OCH3 is 1. The van der Waals surface area contributed by atoms with Crippen molar-refractivity contribution in [2.75, 3.05) is 17.7 Å². The summed E-state index contributed by atoms with van der Waals surface area (Å²) in [5.74, 6) is 1.56. The fourth-order valence-electron chi connectivity index (χ4n) is 4.24. The van der Waals surface area contributed by atoms with Gasteiger partial charge < -0.3 is 15.4 Å². The molecule has 0 spiro atoms. The second-order valence-corrected chi connectivity index (χ2v) is 10.0. The number of nitrogens with zero attached hydrogens (tertiary/aromatic N) is 3. The molecule has 188 valence electrons. The van der Waals surface area contributed by atoms with E-state index in [2.05, 4.69) is 10.6 Å². The highest BCUT2D eigenvalue weighted by Gasteiger charge is 2.34. The van der Waals surface area contributed by atoms with Crippen molar-refractivity contribution in [3.8, 4) is 5.75 Å². The van der Waals surface area contributed by atoms with E-state index in [1.165, 1.54) is 11.8 Å². The van der Waals surface area contributed by atoms with Crippen molar-refractivity contribution in [1.29, 1.82) is 0 Å². The third kappa shape index (κ3) is 5.21. The summed E-state index contributed by atoms with van der Waals surface area (Å²) in [7, 11) is 1.58. The predicted molar refractivity (Wildman–Crippen MR) is 148 cm³/mol. The van der Waals surface area contributed by atoms with Gasteiger partial charge in [0.1, 0.15) is 11.8 Å². The van der Waals surface area contributed by atoms with Gasteiger partial charge in [-0.25, -0.2) is 4.68 Å². The zero-order chi connectivity index (χ0) is 25.9. The van der Waals surface area contributed by atoms with Crippen LogP contribution in [-0.2, 0) is 10.5 Å². The summed E-state index contributed by atoms with van der Waals surface area (Å²) < 4.78 is 7.21. The second-order valence-electron chi connectivity index (χ2n) is 8.67. The lowest BCUT2D eigenvalue weighted by atomic mass is 9.94. The summed E-state index contributed by atoms with van der Waals surface area (Å²) in [6, 6.07) is 22.7. The van der Waals surface area contributed by atoms with Crippen molar-refractivity contribution < 1.29 is 9.53 Å². The first-order valence-electron chi connectivity index (χ1n) is 11.8. The lowest BCUT2D eigenvalue weighted by Gasteiger charge is -2.29. The number of allylic oxidation sites excluding steroid dienone is 1. The maximum absolute atomic E-state index is 13.7. The van der Waals surface area contributed by atoms with Gasteiger partial charge in [-0.1, -0.05) is 83.5 Å². The van der Waals surface area contributed by atoms with Gasteiger partial charge in [-0.2, -0.15) is 4.98 Å². The Labute approximate surface area is 224 Å². The van der Waals surface area contributed by atoms with Gasteiger partial charge in [0.2, 0.25) is 11.1 Å². The molecule has 0 fully saturated rings. The van der Waals surface area contributed by atoms with Crippen LogP contribution in [0.3, 0.4) is 0 Å². The van der Waals surface area contributed by atoms with Crippen molar-refractivity contribution in [1.82, 2.24) is 14.8 Å². The molecule has 7 nitrogen and oxygen atoms in total. The van der Waals surface area contributed by atoms with Gasteiger partial charge in [0.05, 0.1) is 18.4 Å². The molecule has 1 unspecified atom stereocenters. The van der Waals surface area contributed by atoms with E-state index in [1.807, 2.05) is 86.6 Å². The number of halogens is 1. The van der Waals surface area contributed by atoms with E-state index in [-0.39, 0.29) is 5.91 Å². The van der Waals surface area contributed by atoms with Crippen molar-refractivity contribution >= 4 is 40.9 Å². The largest absolute Gasteiger partial charge is 0.495 e. The Kier molecular flexibility index (Phi) is 7.21. The Morgan fingerprint density at radius 1 is 1.08 bits per heavy atom. The van der Waals surface area contributed by atoms with Crippen LogP contribution >= 0.6 is 23.4 Å². The molecule has 9 heteroatoms. The zero-order valence-corrected chi connectivity index (χ0v) is 22.2. The predicted octanol–water partition coefficient (Wildman–Crippen LogP) is 6.47. The molecule has 5 rings (SSSR count). The number of anilines is 2. The molecule has 1 amide bonds. The minimum absolute atomic E-state index is 0.244. The average Bonchev–Trinajstić information content (AvgIpc) is 3.30. The SMILES string of the molecule is COc1ccccc1NC(=O)C1=C(C)Nc2nc(SCc3ccccc3Cl)nn2C1c1ccc(C)cc1. The van der Waals surface area contributed by atoms with Crippen molar-refractivity contribution in [3.05, 3.63) is 106 Å². The first-order chi connectivity index (χ1) is 17.9. The maximum atomic E-state index is 13.7. The minimum atomic E-state index is -0.464. The minimum Gasteiger partial charge on any atom is -0.495 e. The molecule has 1 atom stereocenters. The normalized spacial score (nSPS) is 14.6. The van der Waals surface area contributed by atoms with E-state index in [4.69, 9.17) is 26.4 Å². The summed E-state index contributed by atoms with van der Waals surface area (Å²) in [5, 5.41) is 12.4. The molecule has 2 heterocycles. The van der Waals surface area contributed by atoms with E-state index in [0.29, 0.717) is 44.6 Å². The Hall–Kier alpha value is -3.75. The fraction of sp³-hybridized carbons (Fsp3) is 0.179. The van der Waals surface area contributed by atoms with E-state index < -0.39 is 6.04 Å². The summed E-state index contributed by atoms with van der Waals surface area (Å²) >= 11 is 7.83. The molecule has 0 saturated carbocycles. The molecular weight excluding hydrogens is 506 g/mol. The number of rotatable bonds is 7. The smallest absolute Gasteiger partial charge is 0.255 e. The number of thioether (sulfide) groups is 1. The molecule has 2 N–H and O–H groups in total. The number of benzene rings is 3. The lowest BCUT2D eigenvalue weighted by Crippen LogP contribution is -2.31. The van der Waals surface area contributed by atoms with E-state index in [0.717, 1.165) is 16.7 Å². The first-order valence-corrected chi connectivity index (χ1v) is 13.1. The van der Waals surface area contributed by atoms with Crippen LogP contribution in [0.4, 0.5) is 11.6 Å². The number of amides is 1. The lowest BCUT2D eigenvalue weighted by molar-refractivity contribution is -0.113. The quantitative estimate of drug-likeness (QED) is 0.266. The Bertz CT molecular complexity index is 1480. The van der Waals surface area contributed by atoms with Crippen molar-refractivity contribution in [2.45, 2.75) is 30.8 Å². The number of fused-ring (bicyclic) bond motifs is 1. The highest BCUT2D eigenvalue weighted by molar-refractivity contribution is 7.98. The molecular formula is C28H26ClN5O2S. The van der Waals surface area contributed by atoms with Crippen LogP contribution in [0.1, 0.15) is 29.7 Å².